The Kier molecular flexibility index (Phi) is 5.26. The predicted octanol–water partition coefficient (Wildman–Crippen LogP) is 3.52. The van der Waals surface area contributed by atoms with Gasteiger partial charge in [-0.05, 0) is 44.5 Å². The number of nitrogens with one attached hydrogen (secondary N) is 2. The van der Waals surface area contributed by atoms with E-state index in [1.54, 1.807) is 39.0 Å². The van der Waals surface area contributed by atoms with Crippen LogP contribution in [0, 0.1) is 0 Å². The first-order valence-electron chi connectivity index (χ1n) is 5.43. The second-order valence-corrected chi connectivity index (χ2v) is 5.63. The minimum absolute atomic E-state index is 0.402. The first-order valence-corrected chi connectivity index (χ1v) is 6.19. The number of hydrogen-bond donors (Lipinski definition) is 2. The van der Waals surface area contributed by atoms with Gasteiger partial charge in [0, 0.05) is 16.6 Å². The number of amides is 1. The van der Waals surface area contributed by atoms with E-state index >= 15 is 0 Å². The van der Waals surface area contributed by atoms with Gasteiger partial charge in [-0.25, -0.2) is 10.2 Å². The van der Waals surface area contributed by atoms with Crippen molar-refractivity contribution in [1.82, 2.24) is 10.9 Å². The zero-order valence-electron chi connectivity index (χ0n) is 10.5. The lowest BCUT2D eigenvalue weighted by molar-refractivity contribution is 0.0497. The maximum atomic E-state index is 11.3. The average Bonchev–Trinajstić information content (AvgIpc) is 2.12. The summed E-state index contributed by atoms with van der Waals surface area (Å²) in [6.45, 7) is 5.79. The summed E-state index contributed by atoms with van der Waals surface area (Å²) in [6, 6.07) is 5.17. The normalized spacial score (nSPS) is 11.2. The molecule has 0 saturated carbocycles. The maximum absolute atomic E-state index is 11.3. The molecule has 0 bridgehead atoms. The number of halogens is 2. The van der Waals surface area contributed by atoms with E-state index in [1.165, 1.54) is 0 Å². The third kappa shape index (κ3) is 6.10. The van der Waals surface area contributed by atoms with Crippen molar-refractivity contribution >= 4 is 29.3 Å². The molecular formula is C12H16Cl2N2O2. The van der Waals surface area contributed by atoms with Gasteiger partial charge in [-0.3, -0.25) is 5.43 Å². The highest BCUT2D eigenvalue weighted by Gasteiger charge is 2.15. The molecule has 1 rings (SSSR count). The van der Waals surface area contributed by atoms with Gasteiger partial charge in [0.2, 0.25) is 0 Å². The van der Waals surface area contributed by atoms with Crippen LogP contribution < -0.4 is 10.9 Å². The van der Waals surface area contributed by atoms with Crippen molar-refractivity contribution in [3.05, 3.63) is 33.8 Å². The van der Waals surface area contributed by atoms with Crippen LogP contribution in [0.5, 0.6) is 0 Å². The van der Waals surface area contributed by atoms with Gasteiger partial charge in [0.25, 0.3) is 0 Å². The van der Waals surface area contributed by atoms with Crippen molar-refractivity contribution in [3.63, 3.8) is 0 Å². The van der Waals surface area contributed by atoms with Gasteiger partial charge in [0.1, 0.15) is 5.60 Å². The summed E-state index contributed by atoms with van der Waals surface area (Å²) in [5, 5.41) is 1.10. The van der Waals surface area contributed by atoms with Gasteiger partial charge < -0.3 is 4.74 Å². The van der Waals surface area contributed by atoms with Gasteiger partial charge in [-0.2, -0.15) is 0 Å². The fraction of sp³-hybridized carbons (Fsp3) is 0.417. The molecule has 1 aromatic carbocycles. The Morgan fingerprint density at radius 3 is 2.28 bits per heavy atom. The third-order valence-electron chi connectivity index (χ3n) is 1.80. The molecule has 1 aromatic rings. The second-order valence-electron chi connectivity index (χ2n) is 4.76. The number of carbonyl (C=O) groups excluding carboxylic acids is 1. The van der Waals surface area contributed by atoms with E-state index in [9.17, 15) is 4.79 Å². The summed E-state index contributed by atoms with van der Waals surface area (Å²) in [5.74, 6) is 0. The summed E-state index contributed by atoms with van der Waals surface area (Å²) < 4.78 is 5.06. The fourth-order valence-corrected chi connectivity index (χ4v) is 1.81. The van der Waals surface area contributed by atoms with Crippen molar-refractivity contribution in [2.24, 2.45) is 0 Å². The Hall–Kier alpha value is -0.970. The second kappa shape index (κ2) is 6.27. The smallest absolute Gasteiger partial charge is 0.422 e. The number of ether oxygens (including phenoxy) is 1. The molecule has 0 atom stereocenters. The molecule has 0 saturated heterocycles. The number of hydrazine groups is 1. The maximum Gasteiger partial charge on any atom is 0.422 e. The zero-order valence-corrected chi connectivity index (χ0v) is 12.0. The fourth-order valence-electron chi connectivity index (χ4n) is 1.24. The molecule has 0 spiro atoms. The van der Waals surface area contributed by atoms with Gasteiger partial charge in [0.05, 0.1) is 0 Å². The van der Waals surface area contributed by atoms with Crippen LogP contribution in [-0.4, -0.2) is 11.7 Å². The van der Waals surface area contributed by atoms with Crippen LogP contribution in [0.2, 0.25) is 10.0 Å². The van der Waals surface area contributed by atoms with E-state index in [1.807, 2.05) is 0 Å². The highest BCUT2D eigenvalue weighted by molar-refractivity contribution is 6.34. The summed E-state index contributed by atoms with van der Waals surface area (Å²) in [6.07, 6.45) is -0.532. The molecular weight excluding hydrogens is 275 g/mol. The average molecular weight is 291 g/mol. The van der Waals surface area contributed by atoms with E-state index in [4.69, 9.17) is 27.9 Å². The molecule has 0 radical (unpaired) electrons. The molecule has 0 unspecified atom stereocenters. The predicted molar refractivity (Wildman–Crippen MR) is 72.7 cm³/mol. The minimum atomic E-state index is -0.532. The highest BCUT2D eigenvalue weighted by Crippen LogP contribution is 2.18. The molecule has 0 aliphatic carbocycles. The van der Waals surface area contributed by atoms with Crippen molar-refractivity contribution < 1.29 is 9.53 Å². The van der Waals surface area contributed by atoms with Gasteiger partial charge >= 0.3 is 6.09 Å². The Morgan fingerprint density at radius 2 is 1.78 bits per heavy atom. The monoisotopic (exact) mass is 290 g/mol. The number of rotatable bonds is 3. The SMILES string of the molecule is CC(C)(C)OC(=O)NNCc1cc(Cl)cc(Cl)c1. The molecule has 6 heteroatoms. The van der Waals surface area contributed by atoms with E-state index in [0.717, 1.165) is 5.56 Å². The van der Waals surface area contributed by atoms with Crippen LogP contribution in [-0.2, 0) is 11.3 Å². The van der Waals surface area contributed by atoms with E-state index in [-0.39, 0.29) is 0 Å². The van der Waals surface area contributed by atoms with Crippen LogP contribution in [0.4, 0.5) is 4.79 Å². The largest absolute Gasteiger partial charge is 0.443 e. The lowest BCUT2D eigenvalue weighted by Crippen LogP contribution is -2.40. The molecule has 2 N–H and O–H groups in total. The first kappa shape index (κ1) is 15.1. The Morgan fingerprint density at radius 1 is 1.22 bits per heavy atom. The van der Waals surface area contributed by atoms with Crippen LogP contribution in [0.25, 0.3) is 0 Å². The summed E-state index contributed by atoms with van der Waals surface area (Å²) in [5.41, 5.74) is 5.51. The third-order valence-corrected chi connectivity index (χ3v) is 2.24. The Balaban J connectivity index is 2.40. The summed E-state index contributed by atoms with van der Waals surface area (Å²) >= 11 is 11.7. The van der Waals surface area contributed by atoms with E-state index in [0.29, 0.717) is 16.6 Å². The van der Waals surface area contributed by atoms with Gasteiger partial charge in [-0.1, -0.05) is 23.2 Å². The molecule has 1 amide bonds. The Bertz CT molecular complexity index is 410. The van der Waals surface area contributed by atoms with Crippen molar-refractivity contribution in [2.45, 2.75) is 32.9 Å². The quantitative estimate of drug-likeness (QED) is 0.838. The van der Waals surface area contributed by atoms with Crippen LogP contribution in [0.15, 0.2) is 18.2 Å². The Labute approximate surface area is 117 Å². The first-order chi connectivity index (χ1) is 8.26. The highest BCUT2D eigenvalue weighted by atomic mass is 35.5. The molecule has 100 valence electrons. The van der Waals surface area contributed by atoms with Crippen molar-refractivity contribution in [3.8, 4) is 0 Å². The van der Waals surface area contributed by atoms with Gasteiger partial charge in [0.15, 0.2) is 0 Å². The van der Waals surface area contributed by atoms with E-state index < -0.39 is 11.7 Å². The number of hydrogen-bond acceptors (Lipinski definition) is 3. The summed E-state index contributed by atoms with van der Waals surface area (Å²) in [7, 11) is 0. The lowest BCUT2D eigenvalue weighted by Gasteiger charge is -2.19. The number of carbonyl (C=O) groups is 1. The molecule has 0 aliphatic heterocycles. The molecule has 0 aromatic heterocycles. The lowest BCUT2D eigenvalue weighted by atomic mass is 10.2. The van der Waals surface area contributed by atoms with Gasteiger partial charge in [-0.15, -0.1) is 0 Å². The molecule has 18 heavy (non-hydrogen) atoms. The van der Waals surface area contributed by atoms with Crippen molar-refractivity contribution in [1.29, 1.82) is 0 Å². The van der Waals surface area contributed by atoms with E-state index in [2.05, 4.69) is 10.9 Å². The molecule has 0 heterocycles. The van der Waals surface area contributed by atoms with Crippen molar-refractivity contribution in [2.75, 3.05) is 0 Å². The molecule has 4 nitrogen and oxygen atoms in total. The summed E-state index contributed by atoms with van der Waals surface area (Å²) in [4.78, 5) is 11.3. The topological polar surface area (TPSA) is 50.4 Å². The molecule has 0 fully saturated rings. The zero-order chi connectivity index (χ0) is 13.8. The number of benzene rings is 1. The molecule has 0 aliphatic rings. The minimum Gasteiger partial charge on any atom is -0.443 e. The standard InChI is InChI=1S/C12H16Cl2N2O2/c1-12(2,3)18-11(17)16-15-7-8-4-9(13)6-10(14)5-8/h4-6,15H,7H2,1-3H3,(H,16,17). The van der Waals surface area contributed by atoms with Crippen LogP contribution in [0.1, 0.15) is 26.3 Å². The van der Waals surface area contributed by atoms with Crippen LogP contribution >= 0.6 is 23.2 Å². The van der Waals surface area contributed by atoms with Crippen LogP contribution in [0.3, 0.4) is 0 Å².